The van der Waals surface area contributed by atoms with Gasteiger partial charge in [0.15, 0.2) is 0 Å². The summed E-state index contributed by atoms with van der Waals surface area (Å²) >= 11 is 0. The Kier molecular flexibility index (Phi) is 3.78. The van der Waals surface area contributed by atoms with E-state index in [4.69, 9.17) is 6.42 Å². The molecule has 0 saturated heterocycles. The van der Waals surface area contributed by atoms with Gasteiger partial charge in [-0.05, 0) is 12.8 Å². The van der Waals surface area contributed by atoms with Crippen LogP contribution < -0.4 is 5.32 Å². The summed E-state index contributed by atoms with van der Waals surface area (Å²) in [5.74, 6) is 2.12. The topological polar surface area (TPSA) is 49.3 Å². The lowest BCUT2D eigenvalue weighted by atomic mass is 9.92. The van der Waals surface area contributed by atoms with Gasteiger partial charge in [0, 0.05) is 0 Å². The predicted molar refractivity (Wildman–Crippen MR) is 49.9 cm³/mol. The summed E-state index contributed by atoms with van der Waals surface area (Å²) < 4.78 is 0. The molecule has 0 unspecified atom stereocenters. The Bertz CT molecular complexity index is 219. The molecule has 1 saturated carbocycles. The van der Waals surface area contributed by atoms with Crippen molar-refractivity contribution in [3.05, 3.63) is 0 Å². The highest BCUT2D eigenvalue weighted by molar-refractivity contribution is 5.78. The van der Waals surface area contributed by atoms with Crippen LogP contribution in [0.4, 0.5) is 0 Å². The molecule has 0 bridgehead atoms. The number of amides is 1. The van der Waals surface area contributed by atoms with Crippen LogP contribution in [0.1, 0.15) is 32.1 Å². The second-order valence-electron chi connectivity index (χ2n) is 3.41. The minimum absolute atomic E-state index is 0.0883. The van der Waals surface area contributed by atoms with Crippen molar-refractivity contribution in [3.63, 3.8) is 0 Å². The van der Waals surface area contributed by atoms with Crippen molar-refractivity contribution < 1.29 is 9.90 Å². The molecule has 0 radical (unpaired) electrons. The molecular weight excluding hydrogens is 166 g/mol. The van der Waals surface area contributed by atoms with Gasteiger partial charge in [0.2, 0.25) is 5.91 Å². The van der Waals surface area contributed by atoms with Crippen LogP contribution in [0.25, 0.3) is 0 Å². The number of hydrogen-bond donors (Lipinski definition) is 2. The minimum Gasteiger partial charge on any atom is -0.391 e. The van der Waals surface area contributed by atoms with Crippen molar-refractivity contribution in [1.29, 1.82) is 0 Å². The second-order valence-corrected chi connectivity index (χ2v) is 3.41. The van der Waals surface area contributed by atoms with Gasteiger partial charge in [0.25, 0.3) is 0 Å². The number of terminal acetylenes is 1. The van der Waals surface area contributed by atoms with Gasteiger partial charge in [-0.1, -0.05) is 18.8 Å². The van der Waals surface area contributed by atoms with E-state index >= 15 is 0 Å². The summed E-state index contributed by atoms with van der Waals surface area (Å²) in [5, 5.41) is 12.3. The monoisotopic (exact) mass is 181 g/mol. The molecule has 0 aromatic heterocycles. The number of hydrogen-bond acceptors (Lipinski definition) is 2. The third-order valence-corrected chi connectivity index (χ3v) is 2.34. The average Bonchev–Trinajstić information content (AvgIpc) is 2.09. The van der Waals surface area contributed by atoms with Crippen LogP contribution in [0.3, 0.4) is 0 Å². The van der Waals surface area contributed by atoms with Gasteiger partial charge in [-0.15, -0.1) is 6.42 Å². The minimum atomic E-state index is -0.393. The molecule has 2 N–H and O–H groups in total. The first-order chi connectivity index (χ1) is 6.24. The highest BCUT2D eigenvalue weighted by Gasteiger charge is 2.23. The lowest BCUT2D eigenvalue weighted by Gasteiger charge is -2.28. The van der Waals surface area contributed by atoms with E-state index in [1.54, 1.807) is 0 Å². The first-order valence-corrected chi connectivity index (χ1v) is 4.65. The van der Waals surface area contributed by atoms with Crippen LogP contribution in [-0.4, -0.2) is 23.2 Å². The summed E-state index contributed by atoms with van der Waals surface area (Å²) in [6.07, 6.45) is 8.45. The fourth-order valence-corrected chi connectivity index (χ4v) is 1.63. The lowest BCUT2D eigenvalue weighted by molar-refractivity contribution is -0.122. The smallest absolute Gasteiger partial charge is 0.232 e. The molecule has 0 spiro atoms. The van der Waals surface area contributed by atoms with E-state index in [1.807, 2.05) is 0 Å². The van der Waals surface area contributed by atoms with Gasteiger partial charge in [-0.3, -0.25) is 4.79 Å². The predicted octanol–water partition coefficient (Wildman–Crippen LogP) is 0.429. The summed E-state index contributed by atoms with van der Waals surface area (Å²) in [4.78, 5) is 11.1. The number of nitrogens with one attached hydrogen (secondary N) is 1. The Labute approximate surface area is 78.5 Å². The van der Waals surface area contributed by atoms with Crippen molar-refractivity contribution in [1.82, 2.24) is 5.32 Å². The first-order valence-electron chi connectivity index (χ1n) is 4.65. The van der Waals surface area contributed by atoms with Crippen LogP contribution >= 0.6 is 0 Å². The molecule has 3 nitrogen and oxygen atoms in total. The first kappa shape index (κ1) is 10.1. The van der Waals surface area contributed by atoms with Crippen LogP contribution in [0.15, 0.2) is 0 Å². The maximum absolute atomic E-state index is 11.1. The molecule has 1 aliphatic carbocycles. The molecule has 1 amide bonds. The van der Waals surface area contributed by atoms with E-state index in [0.29, 0.717) is 0 Å². The number of carbonyl (C=O) groups excluding carboxylic acids is 1. The molecule has 0 aliphatic heterocycles. The molecule has 72 valence electrons. The summed E-state index contributed by atoms with van der Waals surface area (Å²) in [5.41, 5.74) is 0. The molecule has 1 rings (SSSR count). The zero-order chi connectivity index (χ0) is 9.68. The molecular formula is C10H15NO2. The maximum atomic E-state index is 11.1. The standard InChI is InChI=1S/C10H15NO2/c1-2-5-10(13)11-8-6-3-4-7-9(8)12/h1,8-9,12H,3-7H2,(H,11,13)/t8-,9-/m0/s1. The SMILES string of the molecule is C#CCC(=O)N[C@H]1CCCC[C@@H]1O. The van der Waals surface area contributed by atoms with Crippen LogP contribution in [0.5, 0.6) is 0 Å². The second kappa shape index (κ2) is 4.88. The molecule has 0 aromatic rings. The normalized spacial score (nSPS) is 27.7. The molecule has 0 aromatic carbocycles. The fourth-order valence-electron chi connectivity index (χ4n) is 1.63. The van der Waals surface area contributed by atoms with Gasteiger partial charge in [0.1, 0.15) is 0 Å². The van der Waals surface area contributed by atoms with Crippen molar-refractivity contribution in [2.75, 3.05) is 0 Å². The zero-order valence-electron chi connectivity index (χ0n) is 7.62. The highest BCUT2D eigenvalue weighted by Crippen LogP contribution is 2.18. The molecule has 2 atom stereocenters. The van der Waals surface area contributed by atoms with Gasteiger partial charge in [-0.2, -0.15) is 0 Å². The molecule has 3 heteroatoms. The van der Waals surface area contributed by atoms with Crippen molar-refractivity contribution in [2.45, 2.75) is 44.2 Å². The van der Waals surface area contributed by atoms with E-state index in [9.17, 15) is 9.90 Å². The fraction of sp³-hybridized carbons (Fsp3) is 0.700. The van der Waals surface area contributed by atoms with E-state index < -0.39 is 6.10 Å². The average molecular weight is 181 g/mol. The van der Waals surface area contributed by atoms with Gasteiger partial charge < -0.3 is 10.4 Å². The van der Waals surface area contributed by atoms with Crippen LogP contribution in [-0.2, 0) is 4.79 Å². The van der Waals surface area contributed by atoms with Crippen molar-refractivity contribution >= 4 is 5.91 Å². The summed E-state index contributed by atoms with van der Waals surface area (Å²) in [6, 6.07) is -0.0883. The number of aliphatic hydroxyl groups excluding tert-OH is 1. The Morgan fingerprint density at radius 2 is 2.23 bits per heavy atom. The number of aliphatic hydroxyl groups is 1. The van der Waals surface area contributed by atoms with E-state index in [2.05, 4.69) is 11.2 Å². The molecule has 1 aliphatic rings. The number of carbonyl (C=O) groups is 1. The van der Waals surface area contributed by atoms with Gasteiger partial charge in [-0.25, -0.2) is 0 Å². The summed E-state index contributed by atoms with van der Waals surface area (Å²) in [6.45, 7) is 0. The Morgan fingerprint density at radius 3 is 2.85 bits per heavy atom. The number of rotatable bonds is 2. The van der Waals surface area contributed by atoms with E-state index in [-0.39, 0.29) is 18.4 Å². The third-order valence-electron chi connectivity index (χ3n) is 2.34. The van der Waals surface area contributed by atoms with E-state index in [1.165, 1.54) is 0 Å². The van der Waals surface area contributed by atoms with Gasteiger partial charge >= 0.3 is 0 Å². The van der Waals surface area contributed by atoms with Crippen molar-refractivity contribution in [2.24, 2.45) is 0 Å². The highest BCUT2D eigenvalue weighted by atomic mass is 16.3. The molecule has 0 heterocycles. The summed E-state index contributed by atoms with van der Waals surface area (Å²) in [7, 11) is 0. The largest absolute Gasteiger partial charge is 0.391 e. The quantitative estimate of drug-likeness (QED) is 0.607. The van der Waals surface area contributed by atoms with E-state index in [0.717, 1.165) is 25.7 Å². The lowest BCUT2D eigenvalue weighted by Crippen LogP contribution is -2.44. The van der Waals surface area contributed by atoms with Crippen molar-refractivity contribution in [3.8, 4) is 12.3 Å². The van der Waals surface area contributed by atoms with Crippen LogP contribution in [0, 0.1) is 12.3 Å². The zero-order valence-corrected chi connectivity index (χ0v) is 7.62. The molecule has 1 fully saturated rings. The van der Waals surface area contributed by atoms with Crippen LogP contribution in [0.2, 0.25) is 0 Å². The molecule has 13 heavy (non-hydrogen) atoms. The maximum Gasteiger partial charge on any atom is 0.232 e. The Morgan fingerprint density at radius 1 is 1.54 bits per heavy atom. The third kappa shape index (κ3) is 3.08. The Balaban J connectivity index is 2.34. The Hall–Kier alpha value is -1.01. The van der Waals surface area contributed by atoms with Gasteiger partial charge in [0.05, 0.1) is 18.6 Å².